The van der Waals surface area contributed by atoms with E-state index in [1.807, 2.05) is 31.2 Å². The first-order valence-electron chi connectivity index (χ1n) is 16.6. The Labute approximate surface area is 261 Å². The number of carbonyl (C=O) groups is 2. The van der Waals surface area contributed by atoms with E-state index in [4.69, 9.17) is 10.2 Å². The maximum absolute atomic E-state index is 10.6. The minimum Gasteiger partial charge on any atom is -0.478 e. The molecule has 0 spiro atoms. The lowest BCUT2D eigenvalue weighted by Gasteiger charge is -2.26. The van der Waals surface area contributed by atoms with Crippen molar-refractivity contribution in [2.75, 3.05) is 0 Å². The first-order chi connectivity index (χ1) is 20.6. The van der Waals surface area contributed by atoms with Crippen molar-refractivity contribution in [3.05, 3.63) is 70.8 Å². The summed E-state index contributed by atoms with van der Waals surface area (Å²) in [5.74, 6) is -1.64. The Morgan fingerprint density at radius 1 is 0.535 bits per heavy atom. The zero-order valence-electron chi connectivity index (χ0n) is 27.6. The van der Waals surface area contributed by atoms with Crippen LogP contribution >= 0.6 is 0 Å². The van der Waals surface area contributed by atoms with E-state index in [0.717, 1.165) is 44.9 Å². The number of carboxylic acid groups (broad SMARTS) is 2. The maximum atomic E-state index is 10.6. The summed E-state index contributed by atoms with van der Waals surface area (Å²) in [7, 11) is 0. The lowest BCUT2D eigenvalue weighted by atomic mass is 9.88. The van der Waals surface area contributed by atoms with Gasteiger partial charge in [-0.1, -0.05) is 110 Å². The zero-order chi connectivity index (χ0) is 32.5. The summed E-state index contributed by atoms with van der Waals surface area (Å²) in [6, 6.07) is 14.4. The Morgan fingerprint density at radius 2 is 0.884 bits per heavy atom. The zero-order valence-corrected chi connectivity index (χ0v) is 27.6. The minimum absolute atomic E-state index is 0.0694. The lowest BCUT2D eigenvalue weighted by molar-refractivity contribution is 0.00198. The topological polar surface area (TPSA) is 115 Å². The van der Waals surface area contributed by atoms with E-state index in [0.29, 0.717) is 11.1 Å². The van der Waals surface area contributed by atoms with E-state index in [2.05, 4.69) is 27.7 Å². The molecule has 0 aromatic heterocycles. The van der Waals surface area contributed by atoms with Crippen LogP contribution in [0, 0.1) is 5.92 Å². The Bertz CT molecular complexity index is 877. The Morgan fingerprint density at radius 3 is 1.14 bits per heavy atom. The Kier molecular flexibility index (Phi) is 24.1. The fraction of sp³-hybridized carbons (Fsp3) is 0.622. The molecule has 0 aliphatic carbocycles. The molecule has 0 saturated carbocycles. The summed E-state index contributed by atoms with van der Waals surface area (Å²) in [4.78, 5) is 21.2. The molecule has 0 aliphatic heterocycles. The molecular formula is C37H60O6. The van der Waals surface area contributed by atoms with Crippen LogP contribution in [-0.2, 0) is 12.8 Å². The van der Waals surface area contributed by atoms with Gasteiger partial charge < -0.3 is 20.4 Å². The molecular weight excluding hydrogens is 540 g/mol. The molecule has 2 rings (SSSR count). The fourth-order valence-electron chi connectivity index (χ4n) is 4.96. The summed E-state index contributed by atoms with van der Waals surface area (Å²) in [6.07, 6.45) is 15.9. The number of benzene rings is 2. The van der Waals surface area contributed by atoms with Crippen LogP contribution in [0.2, 0.25) is 0 Å². The van der Waals surface area contributed by atoms with Crippen molar-refractivity contribution in [1.29, 1.82) is 0 Å². The third kappa shape index (κ3) is 19.2. The highest BCUT2D eigenvalue weighted by atomic mass is 16.4. The number of carboxylic acids is 2. The standard InChI is InChI=1S/2C13H18O2.C11H24O2/c2*1-2-3-4-5-6-11-7-9-12(10-8-11)13(14)15;1-4-7-10(12)9(6-3)11(13)8-5-2/h2*7-10H,2-6H2,1H3,(H,14,15);9-13H,4-8H2,1-3H3. The van der Waals surface area contributed by atoms with E-state index in [-0.39, 0.29) is 18.1 Å². The van der Waals surface area contributed by atoms with Crippen molar-refractivity contribution in [3.63, 3.8) is 0 Å². The number of hydrogen-bond donors (Lipinski definition) is 4. The average Bonchev–Trinajstić information content (AvgIpc) is 2.99. The molecule has 2 aromatic rings. The molecule has 244 valence electrons. The predicted octanol–water partition coefficient (Wildman–Crippen LogP) is 9.35. The molecule has 2 atom stereocenters. The monoisotopic (exact) mass is 600 g/mol. The summed E-state index contributed by atoms with van der Waals surface area (Å²) in [5, 5.41) is 36.9. The fourth-order valence-corrected chi connectivity index (χ4v) is 4.96. The molecule has 43 heavy (non-hydrogen) atoms. The second kappa shape index (κ2) is 25.8. The van der Waals surface area contributed by atoms with Gasteiger partial charge in [0.25, 0.3) is 0 Å². The smallest absolute Gasteiger partial charge is 0.335 e. The van der Waals surface area contributed by atoms with Gasteiger partial charge in [0.1, 0.15) is 0 Å². The number of aliphatic hydroxyl groups is 2. The number of hydrogen-bond acceptors (Lipinski definition) is 4. The van der Waals surface area contributed by atoms with Crippen molar-refractivity contribution in [1.82, 2.24) is 0 Å². The van der Waals surface area contributed by atoms with Crippen LogP contribution in [0.15, 0.2) is 48.5 Å². The van der Waals surface area contributed by atoms with Gasteiger partial charge in [0.2, 0.25) is 0 Å². The molecule has 2 unspecified atom stereocenters. The van der Waals surface area contributed by atoms with Crippen LogP contribution in [0.5, 0.6) is 0 Å². The van der Waals surface area contributed by atoms with Crippen molar-refractivity contribution >= 4 is 11.9 Å². The minimum atomic E-state index is -0.854. The third-order valence-corrected chi connectivity index (χ3v) is 7.67. The van der Waals surface area contributed by atoms with Gasteiger partial charge in [0, 0.05) is 5.92 Å². The number of unbranched alkanes of at least 4 members (excludes halogenated alkanes) is 6. The van der Waals surface area contributed by atoms with Gasteiger partial charge >= 0.3 is 11.9 Å². The van der Waals surface area contributed by atoms with Gasteiger partial charge in [-0.05, 0) is 80.3 Å². The van der Waals surface area contributed by atoms with Gasteiger partial charge in [-0.25, -0.2) is 9.59 Å². The van der Waals surface area contributed by atoms with E-state index in [1.54, 1.807) is 24.3 Å². The lowest BCUT2D eigenvalue weighted by Crippen LogP contribution is -2.31. The van der Waals surface area contributed by atoms with Crippen molar-refractivity contribution < 1.29 is 30.0 Å². The molecule has 0 saturated heterocycles. The molecule has 0 bridgehead atoms. The van der Waals surface area contributed by atoms with Crippen LogP contribution in [-0.4, -0.2) is 44.6 Å². The quantitative estimate of drug-likeness (QED) is 0.119. The van der Waals surface area contributed by atoms with Gasteiger partial charge in [-0.2, -0.15) is 0 Å². The Hall–Kier alpha value is -2.70. The normalized spacial score (nSPS) is 12.6. The average molecular weight is 601 g/mol. The second-order valence-electron chi connectivity index (χ2n) is 11.4. The number of rotatable bonds is 19. The van der Waals surface area contributed by atoms with Crippen molar-refractivity contribution in [2.45, 2.75) is 143 Å². The highest BCUT2D eigenvalue weighted by molar-refractivity contribution is 5.87. The summed E-state index contributed by atoms with van der Waals surface area (Å²) < 4.78 is 0. The number of aromatic carboxylic acids is 2. The summed E-state index contributed by atoms with van der Waals surface area (Å²) in [6.45, 7) is 10.5. The van der Waals surface area contributed by atoms with Gasteiger partial charge in [-0.15, -0.1) is 0 Å². The highest BCUT2D eigenvalue weighted by Gasteiger charge is 2.23. The van der Waals surface area contributed by atoms with Gasteiger partial charge in [-0.3, -0.25) is 0 Å². The second-order valence-corrected chi connectivity index (χ2v) is 11.4. The maximum Gasteiger partial charge on any atom is 0.335 e. The molecule has 0 heterocycles. The molecule has 0 radical (unpaired) electrons. The highest BCUT2D eigenvalue weighted by Crippen LogP contribution is 2.20. The van der Waals surface area contributed by atoms with Crippen molar-refractivity contribution in [2.24, 2.45) is 5.92 Å². The van der Waals surface area contributed by atoms with E-state index < -0.39 is 11.9 Å². The number of aryl methyl sites for hydroxylation is 2. The molecule has 0 amide bonds. The third-order valence-electron chi connectivity index (χ3n) is 7.67. The Balaban J connectivity index is 0.000000618. The van der Waals surface area contributed by atoms with Gasteiger partial charge in [0.05, 0.1) is 23.3 Å². The first kappa shape index (κ1) is 40.3. The molecule has 0 fully saturated rings. The van der Waals surface area contributed by atoms with Crippen LogP contribution in [0.1, 0.15) is 150 Å². The van der Waals surface area contributed by atoms with Gasteiger partial charge in [0.15, 0.2) is 0 Å². The number of aliphatic hydroxyl groups excluding tert-OH is 2. The summed E-state index contributed by atoms with van der Waals surface area (Å²) >= 11 is 0. The molecule has 0 aliphatic rings. The summed E-state index contributed by atoms with van der Waals surface area (Å²) in [5.41, 5.74) is 3.20. The van der Waals surface area contributed by atoms with Crippen LogP contribution < -0.4 is 0 Å². The molecule has 6 nitrogen and oxygen atoms in total. The SMILES string of the molecule is CCCC(O)C(CC)C(O)CCC.CCCCCCc1ccc(C(=O)O)cc1.CCCCCCc1ccc(C(=O)O)cc1. The first-order valence-corrected chi connectivity index (χ1v) is 16.6. The molecule has 6 heteroatoms. The largest absolute Gasteiger partial charge is 0.478 e. The van der Waals surface area contributed by atoms with E-state index in [1.165, 1.54) is 62.5 Å². The van der Waals surface area contributed by atoms with E-state index in [9.17, 15) is 19.8 Å². The van der Waals surface area contributed by atoms with Crippen LogP contribution in [0.4, 0.5) is 0 Å². The van der Waals surface area contributed by atoms with Crippen LogP contribution in [0.3, 0.4) is 0 Å². The predicted molar refractivity (Wildman–Crippen MR) is 178 cm³/mol. The molecule has 2 aromatic carbocycles. The van der Waals surface area contributed by atoms with Crippen LogP contribution in [0.25, 0.3) is 0 Å². The van der Waals surface area contributed by atoms with E-state index >= 15 is 0 Å². The molecule has 4 N–H and O–H groups in total. The van der Waals surface area contributed by atoms with Crippen molar-refractivity contribution in [3.8, 4) is 0 Å².